The minimum absolute atomic E-state index is 0.102. The van der Waals surface area contributed by atoms with Crippen molar-refractivity contribution in [3.05, 3.63) is 91.0 Å². The lowest BCUT2D eigenvalue weighted by Crippen LogP contribution is -2.30. The number of carbonyl (C=O) groups is 1. The number of unbranched alkanes of at least 4 members (excludes halogenated alkanes) is 1. The first kappa shape index (κ1) is 21.3. The monoisotopic (exact) mass is 402 g/mol. The summed E-state index contributed by atoms with van der Waals surface area (Å²) in [5.74, 6) is 2.51. The van der Waals surface area contributed by atoms with Gasteiger partial charge in [0.05, 0.1) is 0 Å². The molecular weight excluding hydrogens is 371 g/mol. The number of hydrogen-bond donors (Lipinski definition) is 0. The predicted molar refractivity (Wildman–Crippen MR) is 130 cm³/mol. The van der Waals surface area contributed by atoms with Gasteiger partial charge in [-0.15, -0.1) is 0 Å². The summed E-state index contributed by atoms with van der Waals surface area (Å²) in [6.45, 7) is 2.15. The molecule has 0 aromatic heterocycles. The number of Topliss-reactive ketones (excluding diaryl/α,β-unsaturated/α-hetero) is 1. The van der Waals surface area contributed by atoms with Crippen LogP contribution in [0.5, 0.6) is 0 Å². The molecule has 0 aliphatic carbocycles. The number of benzene rings is 3. The fraction of sp³-hybridized carbons (Fsp3) is 0.259. The fourth-order valence-corrected chi connectivity index (χ4v) is 7.82. The molecule has 0 heterocycles. The van der Waals surface area contributed by atoms with Gasteiger partial charge in [-0.1, -0.05) is 118 Å². The van der Waals surface area contributed by atoms with Crippen molar-refractivity contribution in [1.29, 1.82) is 0 Å². The molecule has 3 aromatic rings. The van der Waals surface area contributed by atoms with Crippen LogP contribution >= 0.6 is 6.89 Å². The SMILES string of the molecule is CCCCC(CC)C(=O)C=P(c1ccccc1)(c1ccccc1)c1ccccc1. The van der Waals surface area contributed by atoms with E-state index in [1.54, 1.807) is 0 Å². The first-order valence-corrected chi connectivity index (χ1v) is 12.5. The Hall–Kier alpha value is -2.37. The minimum atomic E-state index is -2.18. The summed E-state index contributed by atoms with van der Waals surface area (Å²) < 4.78 is 0. The standard InChI is InChI=1S/C27H31OP/c1-3-5-15-23(4-2)27(28)22-29(24-16-9-6-10-17-24,25-18-11-7-12-19-25)26-20-13-8-14-21-26/h6-14,16-23H,3-5,15H2,1-2H3. The quantitative estimate of drug-likeness (QED) is 0.428. The van der Waals surface area contributed by atoms with Crippen molar-refractivity contribution in [2.45, 2.75) is 39.5 Å². The van der Waals surface area contributed by atoms with Gasteiger partial charge in [-0.3, -0.25) is 4.79 Å². The molecule has 0 spiro atoms. The van der Waals surface area contributed by atoms with Gasteiger partial charge in [0, 0.05) is 5.92 Å². The van der Waals surface area contributed by atoms with Gasteiger partial charge in [0.2, 0.25) is 0 Å². The van der Waals surface area contributed by atoms with E-state index in [0.29, 0.717) is 5.78 Å². The van der Waals surface area contributed by atoms with Crippen LogP contribution in [0.15, 0.2) is 91.0 Å². The Labute approximate surface area is 175 Å². The molecule has 0 bridgehead atoms. The van der Waals surface area contributed by atoms with Crippen molar-refractivity contribution >= 4 is 34.4 Å². The van der Waals surface area contributed by atoms with E-state index in [1.807, 2.05) is 18.2 Å². The van der Waals surface area contributed by atoms with Crippen LogP contribution < -0.4 is 15.9 Å². The summed E-state index contributed by atoms with van der Waals surface area (Å²) in [5, 5.41) is 3.70. The molecule has 0 amide bonds. The van der Waals surface area contributed by atoms with Gasteiger partial charge in [0.25, 0.3) is 0 Å². The number of hydrogen-bond acceptors (Lipinski definition) is 1. The second kappa shape index (κ2) is 10.4. The summed E-state index contributed by atoms with van der Waals surface area (Å²) in [4.78, 5) is 13.6. The lowest BCUT2D eigenvalue weighted by molar-refractivity contribution is -0.116. The summed E-state index contributed by atoms with van der Waals surface area (Å²) >= 11 is 0. The molecular formula is C27H31OP. The van der Waals surface area contributed by atoms with Crippen LogP contribution in [0.1, 0.15) is 39.5 Å². The molecule has 1 atom stereocenters. The van der Waals surface area contributed by atoms with E-state index in [-0.39, 0.29) is 5.92 Å². The number of rotatable bonds is 9. The largest absolute Gasteiger partial charge is 0.294 e. The van der Waals surface area contributed by atoms with Gasteiger partial charge in [-0.2, -0.15) is 0 Å². The van der Waals surface area contributed by atoms with Crippen molar-refractivity contribution in [2.24, 2.45) is 5.92 Å². The normalized spacial score (nSPS) is 12.3. The molecule has 29 heavy (non-hydrogen) atoms. The van der Waals surface area contributed by atoms with E-state index in [1.165, 1.54) is 15.9 Å². The maximum absolute atomic E-state index is 13.6. The molecule has 1 unspecified atom stereocenters. The van der Waals surface area contributed by atoms with Gasteiger partial charge in [-0.05, 0) is 41.4 Å². The Balaban J connectivity index is 2.29. The van der Waals surface area contributed by atoms with Gasteiger partial charge in [0.1, 0.15) is 0 Å². The molecule has 3 rings (SSSR count). The van der Waals surface area contributed by atoms with Crippen LogP contribution in [0.3, 0.4) is 0 Å². The van der Waals surface area contributed by atoms with Crippen molar-refractivity contribution in [3.8, 4) is 0 Å². The Bertz CT molecular complexity index is 842. The van der Waals surface area contributed by atoms with Crippen LogP contribution in [-0.2, 0) is 4.79 Å². The average molecular weight is 403 g/mol. The fourth-order valence-electron chi connectivity index (χ4n) is 3.95. The molecule has 0 saturated heterocycles. The Morgan fingerprint density at radius 2 is 1.17 bits per heavy atom. The second-order valence-electron chi connectivity index (χ2n) is 7.51. The predicted octanol–water partition coefficient (Wildman–Crippen LogP) is 5.57. The van der Waals surface area contributed by atoms with Gasteiger partial charge in [0.15, 0.2) is 5.78 Å². The Morgan fingerprint density at radius 1 is 0.759 bits per heavy atom. The van der Waals surface area contributed by atoms with Crippen LogP contribution in [-0.4, -0.2) is 11.6 Å². The third kappa shape index (κ3) is 4.80. The van der Waals surface area contributed by atoms with Crippen LogP contribution in [0.2, 0.25) is 0 Å². The summed E-state index contributed by atoms with van der Waals surface area (Å²) in [6, 6.07) is 31.8. The zero-order chi connectivity index (χ0) is 20.5. The van der Waals surface area contributed by atoms with Crippen LogP contribution in [0, 0.1) is 5.92 Å². The van der Waals surface area contributed by atoms with Crippen molar-refractivity contribution < 1.29 is 4.79 Å². The highest BCUT2D eigenvalue weighted by atomic mass is 31.2. The third-order valence-electron chi connectivity index (χ3n) is 5.61. The second-order valence-corrected chi connectivity index (χ2v) is 10.8. The zero-order valence-electron chi connectivity index (χ0n) is 17.5. The summed E-state index contributed by atoms with van der Waals surface area (Å²) in [6.07, 6.45) is 4.10. The maximum atomic E-state index is 13.6. The van der Waals surface area contributed by atoms with E-state index in [4.69, 9.17) is 0 Å². The first-order chi connectivity index (χ1) is 14.2. The topological polar surface area (TPSA) is 17.1 Å². The van der Waals surface area contributed by atoms with Gasteiger partial charge < -0.3 is 0 Å². The van der Waals surface area contributed by atoms with Gasteiger partial charge in [-0.25, -0.2) is 0 Å². The van der Waals surface area contributed by atoms with Crippen molar-refractivity contribution in [2.75, 3.05) is 0 Å². The lowest BCUT2D eigenvalue weighted by Gasteiger charge is -2.29. The molecule has 0 fully saturated rings. The van der Waals surface area contributed by atoms with Gasteiger partial charge >= 0.3 is 0 Å². The van der Waals surface area contributed by atoms with E-state index in [2.05, 4.69) is 92.4 Å². The lowest BCUT2D eigenvalue weighted by atomic mass is 9.96. The Kier molecular flexibility index (Phi) is 7.67. The van der Waals surface area contributed by atoms with Crippen molar-refractivity contribution in [1.82, 2.24) is 0 Å². The molecule has 0 radical (unpaired) electrons. The third-order valence-corrected chi connectivity index (χ3v) is 9.59. The highest BCUT2D eigenvalue weighted by Crippen LogP contribution is 2.44. The molecule has 3 aromatic carbocycles. The van der Waals surface area contributed by atoms with E-state index >= 15 is 0 Å². The zero-order valence-corrected chi connectivity index (χ0v) is 18.4. The van der Waals surface area contributed by atoms with E-state index < -0.39 is 6.89 Å². The number of ketones is 1. The van der Waals surface area contributed by atoms with Crippen LogP contribution in [0.25, 0.3) is 0 Å². The van der Waals surface area contributed by atoms with E-state index in [0.717, 1.165) is 25.7 Å². The molecule has 0 aliphatic rings. The molecule has 1 nitrogen and oxygen atoms in total. The molecule has 2 heteroatoms. The molecule has 0 saturated carbocycles. The minimum Gasteiger partial charge on any atom is -0.294 e. The summed E-state index contributed by atoms with van der Waals surface area (Å²) in [7, 11) is 0. The Morgan fingerprint density at radius 3 is 1.52 bits per heavy atom. The highest BCUT2D eigenvalue weighted by molar-refractivity contribution is 7.95. The molecule has 0 N–H and O–H groups in total. The average Bonchev–Trinajstić information content (AvgIpc) is 2.80. The smallest absolute Gasteiger partial charge is 0.159 e. The van der Waals surface area contributed by atoms with E-state index in [9.17, 15) is 4.79 Å². The highest BCUT2D eigenvalue weighted by Gasteiger charge is 2.27. The number of carbonyl (C=O) groups excluding carboxylic acids is 1. The van der Waals surface area contributed by atoms with Crippen molar-refractivity contribution in [3.63, 3.8) is 0 Å². The first-order valence-electron chi connectivity index (χ1n) is 10.7. The summed E-state index contributed by atoms with van der Waals surface area (Å²) in [5.41, 5.74) is 0. The molecule has 150 valence electrons. The maximum Gasteiger partial charge on any atom is 0.159 e. The molecule has 0 aliphatic heterocycles. The van der Waals surface area contributed by atoms with Crippen LogP contribution in [0.4, 0.5) is 0 Å².